The number of nitrogens with one attached hydrogen (secondary N) is 1. The molecular weight excluding hydrogens is 298 g/mol. The molecule has 0 fully saturated rings. The highest BCUT2D eigenvalue weighted by Crippen LogP contribution is 2.31. The van der Waals surface area contributed by atoms with E-state index >= 15 is 0 Å². The fourth-order valence-corrected chi connectivity index (χ4v) is 3.49. The van der Waals surface area contributed by atoms with Gasteiger partial charge in [0.25, 0.3) is 0 Å². The Morgan fingerprint density at radius 3 is 2.88 bits per heavy atom. The van der Waals surface area contributed by atoms with Crippen LogP contribution in [-0.4, -0.2) is 19.8 Å². The van der Waals surface area contributed by atoms with Gasteiger partial charge in [0, 0.05) is 28.6 Å². The van der Waals surface area contributed by atoms with E-state index in [2.05, 4.69) is 39.6 Å². The fourth-order valence-electron chi connectivity index (χ4n) is 1.73. The number of ether oxygens (including phenoxy) is 1. The summed E-state index contributed by atoms with van der Waals surface area (Å²) in [6.45, 7) is 7.00. The fraction of sp³-hybridized carbons (Fsp3) is 0.692. The molecular formula is C13H22BrNOS. The van der Waals surface area contributed by atoms with Crippen molar-refractivity contribution in [3.8, 4) is 0 Å². The topological polar surface area (TPSA) is 21.3 Å². The van der Waals surface area contributed by atoms with Crippen LogP contribution in [-0.2, 0) is 4.74 Å². The second-order valence-corrected chi connectivity index (χ2v) is 5.78. The molecule has 17 heavy (non-hydrogen) atoms. The lowest BCUT2D eigenvalue weighted by Gasteiger charge is -2.17. The number of halogens is 1. The molecule has 98 valence electrons. The average Bonchev–Trinajstić information content (AvgIpc) is 2.75. The highest BCUT2D eigenvalue weighted by Gasteiger charge is 2.14. The van der Waals surface area contributed by atoms with Crippen LogP contribution in [0.25, 0.3) is 0 Å². The maximum absolute atomic E-state index is 5.40. The molecule has 0 radical (unpaired) electrons. The molecule has 1 unspecified atom stereocenters. The van der Waals surface area contributed by atoms with Crippen molar-refractivity contribution in [3.05, 3.63) is 20.8 Å². The monoisotopic (exact) mass is 319 g/mol. The van der Waals surface area contributed by atoms with Crippen molar-refractivity contribution < 1.29 is 4.74 Å². The molecule has 0 aromatic carbocycles. The van der Waals surface area contributed by atoms with Crippen LogP contribution in [0, 0.1) is 0 Å². The molecule has 1 atom stereocenters. The van der Waals surface area contributed by atoms with E-state index in [1.165, 1.54) is 15.8 Å². The van der Waals surface area contributed by atoms with Gasteiger partial charge in [0.2, 0.25) is 0 Å². The number of thiophene rings is 1. The predicted molar refractivity (Wildman–Crippen MR) is 78.8 cm³/mol. The first-order valence-corrected chi connectivity index (χ1v) is 8.00. The van der Waals surface area contributed by atoms with Gasteiger partial charge >= 0.3 is 0 Å². The van der Waals surface area contributed by atoms with Gasteiger partial charge in [-0.2, -0.15) is 0 Å². The molecule has 0 aliphatic heterocycles. The Hall–Kier alpha value is 0.100. The van der Waals surface area contributed by atoms with E-state index in [0.717, 1.165) is 32.6 Å². The Bertz CT molecular complexity index is 303. The van der Waals surface area contributed by atoms with Crippen LogP contribution in [0.3, 0.4) is 0 Å². The quantitative estimate of drug-likeness (QED) is 0.682. The molecule has 1 heterocycles. The van der Waals surface area contributed by atoms with Crippen molar-refractivity contribution in [2.24, 2.45) is 0 Å². The van der Waals surface area contributed by atoms with E-state index in [9.17, 15) is 0 Å². The number of hydrogen-bond acceptors (Lipinski definition) is 3. The third-order valence-electron chi connectivity index (χ3n) is 2.59. The van der Waals surface area contributed by atoms with E-state index < -0.39 is 0 Å². The van der Waals surface area contributed by atoms with Crippen molar-refractivity contribution in [2.75, 3.05) is 19.8 Å². The van der Waals surface area contributed by atoms with Crippen molar-refractivity contribution in [2.45, 2.75) is 39.2 Å². The molecule has 0 saturated carbocycles. The van der Waals surface area contributed by atoms with Gasteiger partial charge in [0.05, 0.1) is 0 Å². The van der Waals surface area contributed by atoms with E-state index in [1.807, 2.05) is 18.3 Å². The molecule has 0 saturated heterocycles. The van der Waals surface area contributed by atoms with Gasteiger partial charge in [0.1, 0.15) is 0 Å². The van der Waals surface area contributed by atoms with Crippen molar-refractivity contribution in [1.29, 1.82) is 0 Å². The SMILES string of the molecule is CCCNC(CCCOCC)c1sccc1Br. The first kappa shape index (κ1) is 15.2. The van der Waals surface area contributed by atoms with Crippen LogP contribution in [0.2, 0.25) is 0 Å². The lowest BCUT2D eigenvalue weighted by atomic mass is 10.1. The van der Waals surface area contributed by atoms with Gasteiger partial charge in [-0.3, -0.25) is 0 Å². The summed E-state index contributed by atoms with van der Waals surface area (Å²) in [5, 5.41) is 5.76. The minimum Gasteiger partial charge on any atom is -0.382 e. The largest absolute Gasteiger partial charge is 0.382 e. The molecule has 1 rings (SSSR count). The summed E-state index contributed by atoms with van der Waals surface area (Å²) >= 11 is 5.44. The smallest absolute Gasteiger partial charge is 0.0466 e. The summed E-state index contributed by atoms with van der Waals surface area (Å²) in [7, 11) is 0. The third kappa shape index (κ3) is 5.51. The molecule has 0 aliphatic rings. The zero-order valence-corrected chi connectivity index (χ0v) is 13.1. The van der Waals surface area contributed by atoms with E-state index in [1.54, 1.807) is 0 Å². The number of hydrogen-bond donors (Lipinski definition) is 1. The zero-order chi connectivity index (χ0) is 12.5. The molecule has 0 bridgehead atoms. The Kier molecular flexibility index (Phi) is 8.10. The highest BCUT2D eigenvalue weighted by atomic mass is 79.9. The van der Waals surface area contributed by atoms with Gasteiger partial charge in [0.15, 0.2) is 0 Å². The predicted octanol–water partition coefficient (Wildman–Crippen LogP) is 4.37. The minimum atomic E-state index is 0.463. The molecule has 1 aromatic rings. The summed E-state index contributed by atoms with van der Waals surface area (Å²) in [5.74, 6) is 0. The van der Waals surface area contributed by atoms with Crippen LogP contribution in [0.4, 0.5) is 0 Å². The second kappa shape index (κ2) is 9.09. The molecule has 4 heteroatoms. The summed E-state index contributed by atoms with van der Waals surface area (Å²) in [6, 6.07) is 2.59. The van der Waals surface area contributed by atoms with Crippen molar-refractivity contribution >= 4 is 27.3 Å². The summed E-state index contributed by atoms with van der Waals surface area (Å²) in [5.41, 5.74) is 0. The van der Waals surface area contributed by atoms with Crippen molar-refractivity contribution in [3.63, 3.8) is 0 Å². The lowest BCUT2D eigenvalue weighted by Crippen LogP contribution is -2.22. The van der Waals surface area contributed by atoms with Crippen LogP contribution in [0.5, 0.6) is 0 Å². The maximum atomic E-state index is 5.40. The van der Waals surface area contributed by atoms with Gasteiger partial charge in [-0.05, 0) is 60.1 Å². The van der Waals surface area contributed by atoms with E-state index in [-0.39, 0.29) is 0 Å². The third-order valence-corrected chi connectivity index (χ3v) is 4.57. The normalized spacial score (nSPS) is 12.9. The molecule has 1 aromatic heterocycles. The summed E-state index contributed by atoms with van der Waals surface area (Å²) < 4.78 is 6.63. The summed E-state index contributed by atoms with van der Waals surface area (Å²) in [6.07, 6.45) is 3.42. The summed E-state index contributed by atoms with van der Waals surface area (Å²) in [4.78, 5) is 1.41. The van der Waals surface area contributed by atoms with Crippen LogP contribution in [0.1, 0.15) is 44.0 Å². The Morgan fingerprint density at radius 1 is 1.47 bits per heavy atom. The minimum absolute atomic E-state index is 0.463. The molecule has 0 amide bonds. The Labute approximate surface area is 117 Å². The molecule has 0 aliphatic carbocycles. The molecule has 2 nitrogen and oxygen atoms in total. The molecule has 1 N–H and O–H groups in total. The van der Waals surface area contributed by atoms with Gasteiger partial charge < -0.3 is 10.1 Å². The van der Waals surface area contributed by atoms with Crippen molar-refractivity contribution in [1.82, 2.24) is 5.32 Å². The molecule has 0 spiro atoms. The number of rotatable bonds is 9. The zero-order valence-electron chi connectivity index (χ0n) is 10.7. The highest BCUT2D eigenvalue weighted by molar-refractivity contribution is 9.10. The first-order chi connectivity index (χ1) is 8.29. The van der Waals surface area contributed by atoms with E-state index in [0.29, 0.717) is 6.04 Å². The maximum Gasteiger partial charge on any atom is 0.0466 e. The standard InChI is InChI=1S/C13H22BrNOS/c1-3-8-15-12(6-5-9-16-4-2)13-11(14)7-10-17-13/h7,10,12,15H,3-6,8-9H2,1-2H3. The van der Waals surface area contributed by atoms with E-state index in [4.69, 9.17) is 4.74 Å². The van der Waals surface area contributed by atoms with Gasteiger partial charge in [-0.15, -0.1) is 11.3 Å². The first-order valence-electron chi connectivity index (χ1n) is 6.33. The second-order valence-electron chi connectivity index (χ2n) is 3.98. The Balaban J connectivity index is 2.46. The van der Waals surface area contributed by atoms with Crippen LogP contribution in [0.15, 0.2) is 15.9 Å². The van der Waals surface area contributed by atoms with Gasteiger partial charge in [-0.1, -0.05) is 6.92 Å². The van der Waals surface area contributed by atoms with Crippen LogP contribution < -0.4 is 5.32 Å². The lowest BCUT2D eigenvalue weighted by molar-refractivity contribution is 0.141. The van der Waals surface area contributed by atoms with Gasteiger partial charge in [-0.25, -0.2) is 0 Å². The van der Waals surface area contributed by atoms with Crippen LogP contribution >= 0.6 is 27.3 Å². The average molecular weight is 320 g/mol. The Morgan fingerprint density at radius 2 is 2.29 bits per heavy atom.